The van der Waals surface area contributed by atoms with Crippen molar-refractivity contribution in [1.29, 1.82) is 0 Å². The number of aromatic nitrogens is 2. The molecule has 4 nitrogen and oxygen atoms in total. The Morgan fingerprint density at radius 2 is 2.43 bits per heavy atom. The molecular weight excluding hydrogens is 176 g/mol. The average Bonchev–Trinajstić information content (AvgIpc) is 2.51. The predicted molar refractivity (Wildman–Crippen MR) is 55.7 cm³/mol. The number of aryl methyl sites for hydroxylation is 1. The lowest BCUT2D eigenvalue weighted by Gasteiger charge is -2.33. The number of hydrogen-bond donors (Lipinski definition) is 2. The molecule has 3 unspecified atom stereocenters. The fraction of sp³-hybridized carbons (Fsp3) is 0.700. The molecular formula is C10H18N4. The van der Waals surface area contributed by atoms with E-state index >= 15 is 0 Å². The van der Waals surface area contributed by atoms with Crippen LogP contribution in [0.5, 0.6) is 0 Å². The van der Waals surface area contributed by atoms with Crippen molar-refractivity contribution in [2.45, 2.75) is 25.4 Å². The molecule has 0 spiro atoms. The summed E-state index contributed by atoms with van der Waals surface area (Å²) >= 11 is 0. The molecule has 0 aliphatic carbocycles. The Hall–Kier alpha value is -0.870. The Morgan fingerprint density at radius 1 is 1.64 bits per heavy atom. The van der Waals surface area contributed by atoms with Gasteiger partial charge in [-0.2, -0.15) is 5.10 Å². The van der Waals surface area contributed by atoms with Crippen LogP contribution in [0.15, 0.2) is 12.4 Å². The first kappa shape index (κ1) is 9.68. The molecule has 1 aromatic rings. The number of hydrogen-bond acceptors (Lipinski definition) is 3. The van der Waals surface area contributed by atoms with Crippen molar-refractivity contribution < 1.29 is 0 Å². The summed E-state index contributed by atoms with van der Waals surface area (Å²) in [7, 11) is 1.93. The molecule has 1 aliphatic rings. The average molecular weight is 194 g/mol. The monoisotopic (exact) mass is 194 g/mol. The van der Waals surface area contributed by atoms with Crippen LogP contribution in [-0.4, -0.2) is 22.4 Å². The van der Waals surface area contributed by atoms with Crippen molar-refractivity contribution in [3.8, 4) is 0 Å². The molecule has 2 heterocycles. The second-order valence-electron chi connectivity index (χ2n) is 4.34. The summed E-state index contributed by atoms with van der Waals surface area (Å²) in [5.41, 5.74) is 7.31. The van der Waals surface area contributed by atoms with Gasteiger partial charge in [0.15, 0.2) is 0 Å². The van der Waals surface area contributed by atoms with Gasteiger partial charge in [0.25, 0.3) is 0 Å². The van der Waals surface area contributed by atoms with Crippen LogP contribution >= 0.6 is 0 Å². The van der Waals surface area contributed by atoms with Gasteiger partial charge in [-0.1, -0.05) is 6.92 Å². The minimum absolute atomic E-state index is 0.211. The molecule has 1 fully saturated rings. The van der Waals surface area contributed by atoms with Crippen molar-refractivity contribution in [2.24, 2.45) is 18.7 Å². The smallest absolute Gasteiger partial charge is 0.0538 e. The molecule has 3 atom stereocenters. The lowest BCUT2D eigenvalue weighted by molar-refractivity contribution is 0.291. The van der Waals surface area contributed by atoms with Crippen LogP contribution in [-0.2, 0) is 7.05 Å². The van der Waals surface area contributed by atoms with E-state index in [2.05, 4.69) is 17.3 Å². The van der Waals surface area contributed by atoms with Crippen LogP contribution in [0.4, 0.5) is 0 Å². The Kier molecular flexibility index (Phi) is 2.56. The molecule has 2 rings (SSSR count). The fourth-order valence-electron chi connectivity index (χ4n) is 2.13. The van der Waals surface area contributed by atoms with Gasteiger partial charge >= 0.3 is 0 Å². The van der Waals surface area contributed by atoms with Crippen molar-refractivity contribution >= 4 is 0 Å². The SMILES string of the molecule is CC1CNC(c2cnn(C)c2)C(N)C1. The number of nitrogens with one attached hydrogen (secondary N) is 1. The van der Waals surface area contributed by atoms with Crippen LogP contribution in [0.25, 0.3) is 0 Å². The van der Waals surface area contributed by atoms with Crippen LogP contribution in [0.1, 0.15) is 24.9 Å². The summed E-state index contributed by atoms with van der Waals surface area (Å²) in [5.74, 6) is 0.679. The molecule has 3 N–H and O–H groups in total. The Bertz CT molecular complexity index is 307. The summed E-state index contributed by atoms with van der Waals surface area (Å²) in [6.45, 7) is 3.28. The topological polar surface area (TPSA) is 55.9 Å². The highest BCUT2D eigenvalue weighted by molar-refractivity contribution is 5.14. The number of rotatable bonds is 1. The summed E-state index contributed by atoms with van der Waals surface area (Å²) in [6.07, 6.45) is 5.02. The van der Waals surface area contributed by atoms with E-state index in [1.54, 1.807) is 0 Å². The maximum atomic E-state index is 6.11. The lowest BCUT2D eigenvalue weighted by atomic mass is 9.89. The second-order valence-corrected chi connectivity index (χ2v) is 4.34. The zero-order valence-electron chi connectivity index (χ0n) is 8.77. The van der Waals surface area contributed by atoms with Gasteiger partial charge in [0.1, 0.15) is 0 Å². The minimum atomic E-state index is 0.211. The summed E-state index contributed by atoms with van der Waals surface area (Å²) in [5, 5.41) is 7.64. The van der Waals surface area contributed by atoms with E-state index in [1.165, 1.54) is 5.56 Å². The standard InChI is InChI=1S/C10H18N4/c1-7-3-9(11)10(12-4-7)8-5-13-14(2)6-8/h5-7,9-10,12H,3-4,11H2,1-2H3. The zero-order valence-corrected chi connectivity index (χ0v) is 8.77. The van der Waals surface area contributed by atoms with Gasteiger partial charge in [0.2, 0.25) is 0 Å². The lowest BCUT2D eigenvalue weighted by Crippen LogP contribution is -2.46. The Balaban J connectivity index is 2.11. The number of piperidine rings is 1. The molecule has 1 aromatic heterocycles. The van der Waals surface area contributed by atoms with Gasteiger partial charge in [-0.3, -0.25) is 4.68 Å². The predicted octanol–water partition coefficient (Wildman–Crippen LogP) is 0.418. The van der Waals surface area contributed by atoms with Crippen molar-refractivity contribution in [3.05, 3.63) is 18.0 Å². The molecule has 0 saturated carbocycles. The van der Waals surface area contributed by atoms with Crippen molar-refractivity contribution in [1.82, 2.24) is 15.1 Å². The number of nitrogens with zero attached hydrogens (tertiary/aromatic N) is 2. The molecule has 1 saturated heterocycles. The second kappa shape index (κ2) is 3.71. The van der Waals surface area contributed by atoms with E-state index in [1.807, 2.05) is 24.1 Å². The molecule has 14 heavy (non-hydrogen) atoms. The molecule has 0 aromatic carbocycles. The molecule has 1 aliphatic heterocycles. The maximum absolute atomic E-state index is 6.11. The largest absolute Gasteiger partial charge is 0.326 e. The van der Waals surface area contributed by atoms with Crippen molar-refractivity contribution in [3.63, 3.8) is 0 Å². The van der Waals surface area contributed by atoms with E-state index in [4.69, 9.17) is 5.73 Å². The van der Waals surface area contributed by atoms with Crippen molar-refractivity contribution in [2.75, 3.05) is 6.54 Å². The maximum Gasteiger partial charge on any atom is 0.0538 e. The van der Waals surface area contributed by atoms with E-state index < -0.39 is 0 Å². The first-order valence-corrected chi connectivity index (χ1v) is 5.14. The van der Waals surface area contributed by atoms with Gasteiger partial charge < -0.3 is 11.1 Å². The quantitative estimate of drug-likeness (QED) is 0.681. The van der Waals surface area contributed by atoms with Crippen LogP contribution in [0, 0.1) is 5.92 Å². The summed E-state index contributed by atoms with van der Waals surface area (Å²) < 4.78 is 1.82. The summed E-state index contributed by atoms with van der Waals surface area (Å²) in [4.78, 5) is 0. The Labute approximate surface area is 84.5 Å². The van der Waals surface area contributed by atoms with Crippen LogP contribution in [0.3, 0.4) is 0 Å². The molecule has 0 radical (unpaired) electrons. The van der Waals surface area contributed by atoms with Gasteiger partial charge in [0, 0.05) is 24.8 Å². The van der Waals surface area contributed by atoms with Gasteiger partial charge in [0.05, 0.1) is 12.2 Å². The zero-order chi connectivity index (χ0) is 10.1. The highest BCUT2D eigenvalue weighted by Gasteiger charge is 2.27. The number of nitrogens with two attached hydrogens (primary N) is 1. The van der Waals surface area contributed by atoms with E-state index in [9.17, 15) is 0 Å². The minimum Gasteiger partial charge on any atom is -0.326 e. The van der Waals surface area contributed by atoms with E-state index in [0.29, 0.717) is 5.92 Å². The van der Waals surface area contributed by atoms with E-state index in [-0.39, 0.29) is 12.1 Å². The summed E-state index contributed by atoms with van der Waals surface area (Å²) in [6, 6.07) is 0.489. The Morgan fingerprint density at radius 3 is 3.00 bits per heavy atom. The first-order valence-electron chi connectivity index (χ1n) is 5.14. The highest BCUT2D eigenvalue weighted by atomic mass is 15.2. The highest BCUT2D eigenvalue weighted by Crippen LogP contribution is 2.24. The normalized spacial score (nSPS) is 33.2. The van der Waals surface area contributed by atoms with Gasteiger partial charge in [-0.25, -0.2) is 0 Å². The molecule has 4 heteroatoms. The molecule has 0 bridgehead atoms. The van der Waals surface area contributed by atoms with Gasteiger partial charge in [-0.15, -0.1) is 0 Å². The van der Waals surface area contributed by atoms with Gasteiger partial charge in [-0.05, 0) is 18.9 Å². The fourth-order valence-corrected chi connectivity index (χ4v) is 2.13. The molecule has 78 valence electrons. The van der Waals surface area contributed by atoms with Crippen LogP contribution < -0.4 is 11.1 Å². The third kappa shape index (κ3) is 1.81. The first-order chi connectivity index (χ1) is 6.66. The van der Waals surface area contributed by atoms with E-state index in [0.717, 1.165) is 13.0 Å². The third-order valence-electron chi connectivity index (χ3n) is 2.87. The molecule has 0 amide bonds. The van der Waals surface area contributed by atoms with Crippen LogP contribution in [0.2, 0.25) is 0 Å². The third-order valence-corrected chi connectivity index (χ3v) is 2.87.